The number of aryl methyl sites for hydroxylation is 1. The lowest BCUT2D eigenvalue weighted by atomic mass is 10.2. The van der Waals surface area contributed by atoms with E-state index in [1.807, 2.05) is 18.2 Å². The molecule has 0 saturated carbocycles. The minimum Gasteiger partial charge on any atom is -0.454 e. The van der Waals surface area contributed by atoms with Crippen LogP contribution < -0.4 is 20.3 Å². The zero-order valence-corrected chi connectivity index (χ0v) is 16.4. The number of ether oxygens (including phenoxy) is 2. The van der Waals surface area contributed by atoms with Gasteiger partial charge in [0.25, 0.3) is 5.56 Å². The van der Waals surface area contributed by atoms with E-state index in [1.165, 1.54) is 6.08 Å². The van der Waals surface area contributed by atoms with E-state index in [-0.39, 0.29) is 18.3 Å². The first-order valence-corrected chi connectivity index (χ1v) is 10.1. The van der Waals surface area contributed by atoms with Crippen molar-refractivity contribution in [3.05, 3.63) is 64.2 Å². The molecular formula is C23H21N3O4. The summed E-state index contributed by atoms with van der Waals surface area (Å²) in [5, 5.41) is 3.34. The Hall–Kier alpha value is -3.61. The van der Waals surface area contributed by atoms with Crippen LogP contribution in [0.2, 0.25) is 0 Å². The van der Waals surface area contributed by atoms with Crippen LogP contribution in [0.4, 0.5) is 5.69 Å². The van der Waals surface area contributed by atoms with Crippen molar-refractivity contribution in [2.75, 3.05) is 12.1 Å². The van der Waals surface area contributed by atoms with E-state index < -0.39 is 0 Å². The van der Waals surface area contributed by atoms with Crippen LogP contribution >= 0.6 is 0 Å². The number of carbonyl (C=O) groups excluding carboxylic acids is 1. The molecular weight excluding hydrogens is 382 g/mol. The topological polar surface area (TPSA) is 82.4 Å². The van der Waals surface area contributed by atoms with Gasteiger partial charge in [0.15, 0.2) is 11.5 Å². The molecule has 1 aromatic heterocycles. The summed E-state index contributed by atoms with van der Waals surface area (Å²) >= 11 is 0. The molecule has 0 radical (unpaired) electrons. The number of rotatable bonds is 3. The molecule has 0 atom stereocenters. The third-order valence-electron chi connectivity index (χ3n) is 5.41. The first-order chi connectivity index (χ1) is 14.7. The Morgan fingerprint density at radius 2 is 1.97 bits per heavy atom. The summed E-state index contributed by atoms with van der Waals surface area (Å²) < 4.78 is 12.4. The Balaban J connectivity index is 1.36. The highest BCUT2D eigenvalue weighted by atomic mass is 16.7. The number of fused-ring (bicyclic) bond motifs is 3. The lowest BCUT2D eigenvalue weighted by Crippen LogP contribution is -2.24. The summed E-state index contributed by atoms with van der Waals surface area (Å²) in [6, 6.07) is 10.8. The highest BCUT2D eigenvalue weighted by Crippen LogP contribution is 2.32. The van der Waals surface area contributed by atoms with Crippen LogP contribution in [0, 0.1) is 0 Å². The molecule has 2 aromatic carbocycles. The molecule has 2 aliphatic rings. The molecule has 7 heteroatoms. The maximum absolute atomic E-state index is 12.9. The maximum Gasteiger partial charge on any atom is 0.261 e. The standard InChI is InChI=1S/C23H21N3O4/c27-22(10-6-15-5-9-19-20(12-15)30-14-29-19)24-16-7-8-18-17(13-16)23(28)26-11-3-1-2-4-21(26)25-18/h5-10,12-13H,1-4,11,14H2,(H,24,27)/b10-6+. The van der Waals surface area contributed by atoms with Gasteiger partial charge in [-0.15, -0.1) is 0 Å². The SMILES string of the molecule is O=C(/C=C/c1ccc2c(c1)OCO2)Nc1ccc2nc3n(c(=O)c2c1)CCCCC3. The van der Waals surface area contributed by atoms with Crippen molar-refractivity contribution in [2.24, 2.45) is 0 Å². The van der Waals surface area contributed by atoms with Gasteiger partial charge in [0.05, 0.1) is 10.9 Å². The Labute approximate surface area is 173 Å². The summed E-state index contributed by atoms with van der Waals surface area (Å²) in [6.07, 6.45) is 7.13. The largest absolute Gasteiger partial charge is 0.454 e. The van der Waals surface area contributed by atoms with E-state index in [1.54, 1.807) is 28.8 Å². The van der Waals surface area contributed by atoms with Gasteiger partial charge in [-0.1, -0.05) is 12.5 Å². The van der Waals surface area contributed by atoms with Crippen molar-refractivity contribution in [2.45, 2.75) is 32.2 Å². The van der Waals surface area contributed by atoms with Gasteiger partial charge in [0.2, 0.25) is 12.7 Å². The van der Waals surface area contributed by atoms with Gasteiger partial charge in [-0.05, 0) is 54.8 Å². The number of aromatic nitrogens is 2. The van der Waals surface area contributed by atoms with E-state index in [0.717, 1.165) is 37.1 Å². The van der Waals surface area contributed by atoms with Crippen molar-refractivity contribution >= 4 is 28.6 Å². The number of benzene rings is 2. The number of hydrogen-bond donors (Lipinski definition) is 1. The molecule has 0 spiro atoms. The van der Waals surface area contributed by atoms with Crippen LogP contribution in [0.3, 0.4) is 0 Å². The molecule has 1 N–H and O–H groups in total. The molecule has 0 saturated heterocycles. The molecule has 0 unspecified atom stereocenters. The summed E-state index contributed by atoms with van der Waals surface area (Å²) in [5.74, 6) is 1.94. The highest BCUT2D eigenvalue weighted by Gasteiger charge is 2.15. The monoisotopic (exact) mass is 403 g/mol. The lowest BCUT2D eigenvalue weighted by Gasteiger charge is -2.11. The Bertz CT molecular complexity index is 1230. The summed E-state index contributed by atoms with van der Waals surface area (Å²) in [5.41, 5.74) is 2.03. The summed E-state index contributed by atoms with van der Waals surface area (Å²) in [7, 11) is 0. The smallest absolute Gasteiger partial charge is 0.261 e. The second-order valence-corrected chi connectivity index (χ2v) is 7.46. The molecule has 152 valence electrons. The van der Waals surface area contributed by atoms with Crippen molar-refractivity contribution in [3.63, 3.8) is 0 Å². The number of hydrogen-bond acceptors (Lipinski definition) is 5. The fourth-order valence-corrected chi connectivity index (χ4v) is 3.87. The number of amides is 1. The van der Waals surface area contributed by atoms with Crippen LogP contribution in [0.5, 0.6) is 11.5 Å². The molecule has 2 aliphatic heterocycles. The Morgan fingerprint density at radius 1 is 1.07 bits per heavy atom. The zero-order chi connectivity index (χ0) is 20.5. The van der Waals surface area contributed by atoms with Crippen molar-refractivity contribution in [3.8, 4) is 11.5 Å². The molecule has 0 aliphatic carbocycles. The minimum atomic E-state index is -0.283. The van der Waals surface area contributed by atoms with Crippen molar-refractivity contribution in [1.29, 1.82) is 0 Å². The molecule has 0 fully saturated rings. The fraction of sp³-hybridized carbons (Fsp3) is 0.261. The number of carbonyl (C=O) groups is 1. The van der Waals surface area contributed by atoms with Gasteiger partial charge in [-0.2, -0.15) is 0 Å². The average Bonchev–Trinajstić information content (AvgIpc) is 3.09. The van der Waals surface area contributed by atoms with Crippen molar-refractivity contribution < 1.29 is 14.3 Å². The van der Waals surface area contributed by atoms with Crippen LogP contribution in [-0.4, -0.2) is 22.3 Å². The van der Waals surface area contributed by atoms with Gasteiger partial charge in [-0.25, -0.2) is 4.98 Å². The van der Waals surface area contributed by atoms with Crippen LogP contribution in [-0.2, 0) is 17.8 Å². The third kappa shape index (κ3) is 3.54. The molecule has 5 rings (SSSR count). The van der Waals surface area contributed by atoms with Gasteiger partial charge in [0.1, 0.15) is 5.82 Å². The van der Waals surface area contributed by atoms with Gasteiger partial charge in [-0.3, -0.25) is 14.2 Å². The molecule has 3 aromatic rings. The molecule has 1 amide bonds. The first kappa shape index (κ1) is 18.4. The van der Waals surface area contributed by atoms with Crippen LogP contribution in [0.25, 0.3) is 17.0 Å². The predicted octanol–water partition coefficient (Wildman–Crippen LogP) is 3.50. The van der Waals surface area contributed by atoms with Gasteiger partial charge < -0.3 is 14.8 Å². The number of anilines is 1. The van der Waals surface area contributed by atoms with E-state index in [9.17, 15) is 9.59 Å². The Morgan fingerprint density at radius 3 is 2.90 bits per heavy atom. The maximum atomic E-state index is 12.9. The second kappa shape index (κ2) is 7.67. The first-order valence-electron chi connectivity index (χ1n) is 10.1. The van der Waals surface area contributed by atoms with Gasteiger partial charge in [0, 0.05) is 24.7 Å². The van der Waals surface area contributed by atoms with E-state index in [0.29, 0.717) is 34.6 Å². The normalized spacial score (nSPS) is 15.2. The summed E-state index contributed by atoms with van der Waals surface area (Å²) in [4.78, 5) is 30.0. The number of nitrogens with zero attached hydrogens (tertiary/aromatic N) is 2. The summed E-state index contributed by atoms with van der Waals surface area (Å²) in [6.45, 7) is 0.912. The molecule has 7 nitrogen and oxygen atoms in total. The Kier molecular flexibility index (Phi) is 4.71. The molecule has 30 heavy (non-hydrogen) atoms. The minimum absolute atomic E-state index is 0.0381. The second-order valence-electron chi connectivity index (χ2n) is 7.46. The molecule has 3 heterocycles. The predicted molar refractivity (Wildman–Crippen MR) is 114 cm³/mol. The van der Waals surface area contributed by atoms with Crippen molar-refractivity contribution in [1.82, 2.24) is 9.55 Å². The van der Waals surface area contributed by atoms with E-state index >= 15 is 0 Å². The van der Waals surface area contributed by atoms with E-state index in [2.05, 4.69) is 10.3 Å². The fourth-order valence-electron chi connectivity index (χ4n) is 3.87. The quantitative estimate of drug-likeness (QED) is 0.677. The number of nitrogens with one attached hydrogen (secondary N) is 1. The van der Waals surface area contributed by atoms with Gasteiger partial charge >= 0.3 is 0 Å². The molecule has 0 bridgehead atoms. The van der Waals surface area contributed by atoms with E-state index in [4.69, 9.17) is 9.47 Å². The zero-order valence-electron chi connectivity index (χ0n) is 16.4. The van der Waals surface area contributed by atoms with Crippen LogP contribution in [0.15, 0.2) is 47.3 Å². The highest BCUT2D eigenvalue weighted by molar-refractivity contribution is 6.02. The third-order valence-corrected chi connectivity index (χ3v) is 5.41. The lowest BCUT2D eigenvalue weighted by molar-refractivity contribution is -0.111. The average molecular weight is 403 g/mol. The van der Waals surface area contributed by atoms with Crippen LogP contribution in [0.1, 0.15) is 30.7 Å².